The molecule has 21 heavy (non-hydrogen) atoms. The number of para-hydroxylation sites is 1. The van der Waals surface area contributed by atoms with Crippen LogP contribution in [0.3, 0.4) is 0 Å². The van der Waals surface area contributed by atoms with Crippen LogP contribution in [0, 0.1) is 5.92 Å². The second-order valence-electron chi connectivity index (χ2n) is 5.00. The summed E-state index contributed by atoms with van der Waals surface area (Å²) >= 11 is 0. The zero-order valence-electron chi connectivity index (χ0n) is 11.5. The first kappa shape index (κ1) is 17.7. The Kier molecular flexibility index (Phi) is 6.89. The first-order chi connectivity index (χ1) is 9.33. The lowest BCUT2D eigenvalue weighted by Gasteiger charge is -2.27. The van der Waals surface area contributed by atoms with Crippen molar-refractivity contribution in [3.63, 3.8) is 0 Å². The van der Waals surface area contributed by atoms with E-state index in [1.54, 1.807) is 6.20 Å². The number of carbonyl (C=O) groups is 1. The highest BCUT2D eigenvalue weighted by atomic mass is 35.5. The van der Waals surface area contributed by atoms with Crippen molar-refractivity contribution in [2.75, 3.05) is 19.6 Å². The van der Waals surface area contributed by atoms with Gasteiger partial charge in [0.05, 0.1) is 11.9 Å². The average Bonchev–Trinajstić information content (AvgIpc) is 2.37. The Morgan fingerprint density at radius 1 is 1.24 bits per heavy atom. The molecule has 0 unspecified atom stereocenters. The van der Waals surface area contributed by atoms with Gasteiger partial charge in [0.15, 0.2) is 0 Å². The van der Waals surface area contributed by atoms with Gasteiger partial charge in [-0.3, -0.25) is 9.78 Å². The predicted octanol–water partition coefficient (Wildman–Crippen LogP) is 1.96. The van der Waals surface area contributed by atoms with Gasteiger partial charge in [-0.1, -0.05) is 24.3 Å². The van der Waals surface area contributed by atoms with Crippen LogP contribution in [0.25, 0.3) is 10.9 Å². The second-order valence-corrected chi connectivity index (χ2v) is 5.00. The highest BCUT2D eigenvalue weighted by molar-refractivity contribution is 5.87. The van der Waals surface area contributed by atoms with Gasteiger partial charge in [0.2, 0.25) is 5.91 Å². The van der Waals surface area contributed by atoms with Crippen molar-refractivity contribution in [3.05, 3.63) is 42.1 Å². The van der Waals surface area contributed by atoms with Crippen molar-refractivity contribution in [1.82, 2.24) is 15.6 Å². The molecule has 1 aromatic carbocycles. The van der Waals surface area contributed by atoms with Gasteiger partial charge in [-0.2, -0.15) is 0 Å². The number of hydrogen-bond donors (Lipinski definition) is 2. The number of pyridine rings is 1. The van der Waals surface area contributed by atoms with Crippen molar-refractivity contribution in [2.24, 2.45) is 5.92 Å². The molecule has 2 heterocycles. The number of carbonyl (C=O) groups excluding carboxylic acids is 1. The molecule has 114 valence electrons. The molecule has 1 saturated heterocycles. The molecule has 1 aliphatic rings. The minimum Gasteiger partial charge on any atom is -0.355 e. The molecule has 1 amide bonds. The lowest BCUT2D eigenvalue weighted by Crippen LogP contribution is -2.48. The zero-order valence-corrected chi connectivity index (χ0v) is 13.2. The number of nitrogens with one attached hydrogen (secondary N) is 2. The number of benzene rings is 1. The predicted molar refractivity (Wildman–Crippen MR) is 89.3 cm³/mol. The van der Waals surface area contributed by atoms with E-state index in [-0.39, 0.29) is 30.7 Å². The molecule has 0 saturated carbocycles. The van der Waals surface area contributed by atoms with Crippen LogP contribution in [0.4, 0.5) is 0 Å². The lowest BCUT2D eigenvalue weighted by molar-refractivity contribution is -0.120. The molecule has 2 aromatic rings. The summed E-state index contributed by atoms with van der Waals surface area (Å²) in [6, 6.07) is 9.89. The normalized spacial score (nSPS) is 13.7. The highest BCUT2D eigenvalue weighted by Gasteiger charge is 2.17. The van der Waals surface area contributed by atoms with Crippen molar-refractivity contribution in [1.29, 1.82) is 0 Å². The third-order valence-corrected chi connectivity index (χ3v) is 3.52. The molecule has 0 aliphatic carbocycles. The first-order valence-electron chi connectivity index (χ1n) is 6.63. The third-order valence-electron chi connectivity index (χ3n) is 3.52. The van der Waals surface area contributed by atoms with Crippen molar-refractivity contribution < 1.29 is 4.79 Å². The molecule has 1 fully saturated rings. The molecule has 6 heteroatoms. The summed E-state index contributed by atoms with van der Waals surface area (Å²) in [7, 11) is 0. The second kappa shape index (κ2) is 8.17. The van der Waals surface area contributed by atoms with E-state index < -0.39 is 0 Å². The first-order valence-corrected chi connectivity index (χ1v) is 6.63. The highest BCUT2D eigenvalue weighted by Crippen LogP contribution is 2.16. The molecule has 1 aliphatic heterocycles. The van der Waals surface area contributed by atoms with Crippen LogP contribution < -0.4 is 10.6 Å². The van der Waals surface area contributed by atoms with Crippen LogP contribution in [0.2, 0.25) is 0 Å². The summed E-state index contributed by atoms with van der Waals surface area (Å²) in [6.07, 6.45) is 2.16. The quantitative estimate of drug-likeness (QED) is 0.902. The van der Waals surface area contributed by atoms with Crippen LogP contribution in [0.5, 0.6) is 0 Å². The fraction of sp³-hybridized carbons (Fsp3) is 0.333. The summed E-state index contributed by atoms with van der Waals surface area (Å²) in [4.78, 5) is 16.3. The fourth-order valence-corrected chi connectivity index (χ4v) is 2.30. The Morgan fingerprint density at radius 2 is 2.00 bits per heavy atom. The molecule has 4 nitrogen and oxygen atoms in total. The summed E-state index contributed by atoms with van der Waals surface area (Å²) in [5.41, 5.74) is 1.91. The van der Waals surface area contributed by atoms with Crippen LogP contribution in [0.15, 0.2) is 36.5 Å². The van der Waals surface area contributed by atoms with E-state index in [1.165, 1.54) is 0 Å². The number of nitrogens with zero attached hydrogens (tertiary/aromatic N) is 1. The van der Waals surface area contributed by atoms with Crippen LogP contribution in [-0.4, -0.2) is 30.5 Å². The number of aromatic nitrogens is 1. The minimum absolute atomic E-state index is 0. The van der Waals surface area contributed by atoms with Gasteiger partial charge >= 0.3 is 0 Å². The third kappa shape index (κ3) is 4.30. The van der Waals surface area contributed by atoms with E-state index in [9.17, 15) is 4.79 Å². The monoisotopic (exact) mass is 327 g/mol. The number of fused-ring (bicyclic) bond motifs is 1. The topological polar surface area (TPSA) is 54.0 Å². The van der Waals surface area contributed by atoms with Crippen LogP contribution in [-0.2, 0) is 11.2 Å². The van der Waals surface area contributed by atoms with Gasteiger partial charge in [0.25, 0.3) is 0 Å². The number of amides is 1. The SMILES string of the molecule is Cl.Cl.O=C(Cc1cccc2cccnc12)NCC1CNC1. The van der Waals surface area contributed by atoms with Crippen molar-refractivity contribution in [2.45, 2.75) is 6.42 Å². The summed E-state index contributed by atoms with van der Waals surface area (Å²) in [6.45, 7) is 2.79. The van der Waals surface area contributed by atoms with E-state index >= 15 is 0 Å². The molecular weight excluding hydrogens is 309 g/mol. The van der Waals surface area contributed by atoms with E-state index in [4.69, 9.17) is 0 Å². The van der Waals surface area contributed by atoms with Gasteiger partial charge in [-0.15, -0.1) is 24.8 Å². The molecule has 1 aromatic heterocycles. The number of halogens is 2. The Hall–Kier alpha value is -1.36. The molecular formula is C15H19Cl2N3O. The fourth-order valence-electron chi connectivity index (χ4n) is 2.30. The van der Waals surface area contributed by atoms with E-state index in [1.807, 2.05) is 30.3 Å². The van der Waals surface area contributed by atoms with Crippen molar-refractivity contribution in [3.8, 4) is 0 Å². The van der Waals surface area contributed by atoms with Gasteiger partial charge in [0.1, 0.15) is 0 Å². The van der Waals surface area contributed by atoms with E-state index in [0.717, 1.165) is 36.1 Å². The smallest absolute Gasteiger partial charge is 0.224 e. The van der Waals surface area contributed by atoms with Gasteiger partial charge < -0.3 is 10.6 Å². The van der Waals surface area contributed by atoms with Gasteiger partial charge in [0, 0.05) is 37.1 Å². The molecule has 0 atom stereocenters. The zero-order chi connectivity index (χ0) is 13.1. The Labute approximate surface area is 136 Å². The van der Waals surface area contributed by atoms with Crippen LogP contribution >= 0.6 is 24.8 Å². The molecule has 2 N–H and O–H groups in total. The molecule has 0 radical (unpaired) electrons. The average molecular weight is 328 g/mol. The minimum atomic E-state index is 0. The number of hydrogen-bond acceptors (Lipinski definition) is 3. The number of rotatable bonds is 4. The van der Waals surface area contributed by atoms with Gasteiger partial charge in [-0.05, 0) is 11.6 Å². The van der Waals surface area contributed by atoms with Crippen molar-refractivity contribution >= 4 is 41.6 Å². The van der Waals surface area contributed by atoms with E-state index in [2.05, 4.69) is 15.6 Å². The Balaban J connectivity index is 0.00000110. The van der Waals surface area contributed by atoms with Crippen LogP contribution in [0.1, 0.15) is 5.56 Å². The Morgan fingerprint density at radius 3 is 2.71 bits per heavy atom. The Bertz CT molecular complexity index is 597. The molecule has 3 rings (SSSR count). The standard InChI is InChI=1S/C15H17N3O.2ClH/c19-14(18-10-11-8-16-9-11)7-13-4-1-3-12-5-2-6-17-15(12)13;;/h1-6,11,16H,7-10H2,(H,18,19);2*1H. The maximum atomic E-state index is 11.9. The maximum Gasteiger partial charge on any atom is 0.224 e. The van der Waals surface area contributed by atoms with E-state index in [0.29, 0.717) is 12.3 Å². The lowest BCUT2D eigenvalue weighted by atomic mass is 10.0. The van der Waals surface area contributed by atoms with Gasteiger partial charge in [-0.25, -0.2) is 0 Å². The largest absolute Gasteiger partial charge is 0.355 e. The molecule has 0 spiro atoms. The molecule has 0 bridgehead atoms. The summed E-state index contributed by atoms with van der Waals surface area (Å²) in [5, 5.41) is 7.27. The summed E-state index contributed by atoms with van der Waals surface area (Å²) < 4.78 is 0. The maximum absolute atomic E-state index is 11.9. The summed E-state index contributed by atoms with van der Waals surface area (Å²) in [5.74, 6) is 0.666.